The van der Waals surface area contributed by atoms with Crippen LogP contribution in [0.25, 0.3) is 0 Å². The Bertz CT molecular complexity index is 686. The lowest BCUT2D eigenvalue weighted by atomic mass is 9.77. The lowest BCUT2D eigenvalue weighted by Crippen LogP contribution is -2.58. The number of ketones is 1. The van der Waals surface area contributed by atoms with Crippen LogP contribution in [0.4, 0.5) is 0 Å². The number of fused-ring (bicyclic) bond motifs is 3. The molecular weight excluding hydrogens is 340 g/mol. The zero-order valence-electron chi connectivity index (χ0n) is 15.1. The minimum Gasteiger partial charge on any atom is -0.497 e. The third-order valence-corrected chi connectivity index (χ3v) is 5.19. The van der Waals surface area contributed by atoms with Crippen LogP contribution in [0.1, 0.15) is 32.3 Å². The van der Waals surface area contributed by atoms with Crippen LogP contribution in [0.3, 0.4) is 0 Å². The van der Waals surface area contributed by atoms with Crippen molar-refractivity contribution in [1.82, 2.24) is 0 Å². The number of ether oxygens (including phenoxy) is 5. The maximum Gasteiger partial charge on any atom is 0.190 e. The number of benzene rings is 1. The van der Waals surface area contributed by atoms with Crippen molar-refractivity contribution < 1.29 is 33.6 Å². The van der Waals surface area contributed by atoms with Crippen molar-refractivity contribution >= 4 is 5.78 Å². The van der Waals surface area contributed by atoms with Crippen LogP contribution in [0.15, 0.2) is 24.3 Å². The first-order valence-corrected chi connectivity index (χ1v) is 8.80. The van der Waals surface area contributed by atoms with Crippen molar-refractivity contribution in [2.45, 2.75) is 69.3 Å². The third-order valence-electron chi connectivity index (χ3n) is 5.19. The Morgan fingerprint density at radius 3 is 2.62 bits per heavy atom. The van der Waals surface area contributed by atoms with Crippen LogP contribution < -0.4 is 4.74 Å². The monoisotopic (exact) mass is 364 g/mol. The summed E-state index contributed by atoms with van der Waals surface area (Å²) < 4.78 is 28.5. The fraction of sp³-hybridized carbons (Fsp3) is 0.632. The topological polar surface area (TPSA) is 83.5 Å². The zero-order valence-corrected chi connectivity index (χ0v) is 15.1. The van der Waals surface area contributed by atoms with E-state index in [0.29, 0.717) is 6.61 Å². The van der Waals surface area contributed by atoms with Gasteiger partial charge in [0.05, 0.1) is 19.8 Å². The van der Waals surface area contributed by atoms with E-state index in [2.05, 4.69) is 0 Å². The second kappa shape index (κ2) is 6.28. The molecule has 142 valence electrons. The molecule has 5 atom stereocenters. The molecule has 0 bridgehead atoms. The average Bonchev–Trinajstić information content (AvgIpc) is 3.03. The maximum absolute atomic E-state index is 12.3. The van der Waals surface area contributed by atoms with Crippen molar-refractivity contribution in [2.75, 3.05) is 7.11 Å². The molecule has 2 saturated heterocycles. The number of Topliss-reactive ketones (excluding diaryl/α,β-unsaturated/α-hetero) is 1. The minimum absolute atomic E-state index is 0.0132. The number of carbonyl (C=O) groups excluding carboxylic acids is 1. The highest BCUT2D eigenvalue weighted by molar-refractivity contribution is 5.81. The van der Waals surface area contributed by atoms with E-state index in [1.54, 1.807) is 21.0 Å². The highest BCUT2D eigenvalue weighted by Gasteiger charge is 2.67. The summed E-state index contributed by atoms with van der Waals surface area (Å²) in [5.74, 6) is -0.156. The Kier molecular flexibility index (Phi) is 4.32. The lowest BCUT2D eigenvalue weighted by Gasteiger charge is -2.40. The molecule has 1 aromatic carbocycles. The maximum atomic E-state index is 12.3. The van der Waals surface area contributed by atoms with E-state index in [1.165, 1.54) is 0 Å². The number of aliphatic hydroxyl groups is 1. The van der Waals surface area contributed by atoms with Crippen LogP contribution in [0.2, 0.25) is 0 Å². The molecule has 4 rings (SSSR count). The standard InChI is InChI=1S/C19H24O7/c1-18(2)25-16-17(26-18)24-15-14(8-12(20)9-19(15,16)21)23-10-11-4-6-13(22-3)7-5-11/h4-7,14-17,21H,8-10H2,1-3H3/t14-,15-,16-,17+,19-/m0/s1. The Hall–Kier alpha value is -1.51. The quantitative estimate of drug-likeness (QED) is 0.868. The summed E-state index contributed by atoms with van der Waals surface area (Å²) in [4.78, 5) is 12.3. The van der Waals surface area contributed by atoms with E-state index >= 15 is 0 Å². The van der Waals surface area contributed by atoms with E-state index in [1.807, 2.05) is 24.3 Å². The molecule has 1 aliphatic carbocycles. The van der Waals surface area contributed by atoms with E-state index < -0.39 is 36.0 Å². The summed E-state index contributed by atoms with van der Waals surface area (Å²) >= 11 is 0. The molecule has 2 aliphatic heterocycles. The lowest BCUT2D eigenvalue weighted by molar-refractivity contribution is -0.251. The molecule has 3 aliphatic rings. The van der Waals surface area contributed by atoms with Crippen molar-refractivity contribution in [3.8, 4) is 5.75 Å². The van der Waals surface area contributed by atoms with Crippen LogP contribution in [-0.4, -0.2) is 54.0 Å². The van der Waals surface area contributed by atoms with Crippen molar-refractivity contribution in [3.05, 3.63) is 29.8 Å². The molecule has 0 spiro atoms. The van der Waals surface area contributed by atoms with Crippen LogP contribution in [-0.2, 0) is 30.3 Å². The summed E-state index contributed by atoms with van der Waals surface area (Å²) in [6.07, 6.45) is -2.42. The second-order valence-corrected chi connectivity index (χ2v) is 7.59. The van der Waals surface area contributed by atoms with Crippen LogP contribution >= 0.6 is 0 Å². The Morgan fingerprint density at radius 2 is 1.92 bits per heavy atom. The summed E-state index contributed by atoms with van der Waals surface area (Å²) in [5.41, 5.74) is -0.489. The summed E-state index contributed by atoms with van der Waals surface area (Å²) in [6, 6.07) is 7.49. The molecular formula is C19H24O7. The van der Waals surface area contributed by atoms with Gasteiger partial charge in [0.15, 0.2) is 12.1 Å². The molecule has 0 unspecified atom stereocenters. The third kappa shape index (κ3) is 3.04. The average molecular weight is 364 g/mol. The van der Waals surface area contributed by atoms with Gasteiger partial charge in [0.1, 0.15) is 29.3 Å². The van der Waals surface area contributed by atoms with Gasteiger partial charge in [0.2, 0.25) is 0 Å². The van der Waals surface area contributed by atoms with Gasteiger partial charge in [-0.3, -0.25) is 4.79 Å². The summed E-state index contributed by atoms with van der Waals surface area (Å²) in [5, 5.41) is 11.2. The van der Waals surface area contributed by atoms with Crippen molar-refractivity contribution in [3.63, 3.8) is 0 Å². The molecule has 1 aromatic rings. The zero-order chi connectivity index (χ0) is 18.5. The minimum atomic E-state index is -1.43. The first-order valence-electron chi connectivity index (χ1n) is 8.80. The predicted octanol–water partition coefficient (Wildman–Crippen LogP) is 1.55. The molecule has 1 N–H and O–H groups in total. The number of hydrogen-bond donors (Lipinski definition) is 1. The van der Waals surface area contributed by atoms with E-state index in [4.69, 9.17) is 23.7 Å². The van der Waals surface area contributed by atoms with Gasteiger partial charge in [-0.25, -0.2) is 0 Å². The second-order valence-electron chi connectivity index (χ2n) is 7.59. The number of carbonyl (C=O) groups is 1. The molecule has 0 amide bonds. The summed E-state index contributed by atoms with van der Waals surface area (Å²) in [7, 11) is 1.61. The van der Waals surface area contributed by atoms with Gasteiger partial charge < -0.3 is 28.8 Å². The van der Waals surface area contributed by atoms with Gasteiger partial charge in [-0.05, 0) is 31.5 Å². The van der Waals surface area contributed by atoms with Crippen molar-refractivity contribution in [2.24, 2.45) is 0 Å². The molecule has 2 heterocycles. The fourth-order valence-electron chi connectivity index (χ4n) is 3.99. The Labute approximate surface area is 152 Å². The fourth-order valence-corrected chi connectivity index (χ4v) is 3.99. The van der Waals surface area contributed by atoms with Gasteiger partial charge >= 0.3 is 0 Å². The first-order chi connectivity index (χ1) is 12.3. The number of methoxy groups -OCH3 is 1. The highest BCUT2D eigenvalue weighted by Crippen LogP contribution is 2.48. The van der Waals surface area contributed by atoms with Gasteiger partial charge in [-0.2, -0.15) is 0 Å². The predicted molar refractivity (Wildman–Crippen MR) is 89.5 cm³/mol. The molecule has 26 heavy (non-hydrogen) atoms. The SMILES string of the molecule is COc1ccc(CO[C@H]2CC(=O)C[C@@]3(O)[C@H]4OC(C)(C)O[C@H]4O[C@@H]23)cc1. The Balaban J connectivity index is 1.48. The van der Waals surface area contributed by atoms with Crippen LogP contribution in [0, 0.1) is 0 Å². The van der Waals surface area contributed by atoms with Crippen molar-refractivity contribution in [1.29, 1.82) is 0 Å². The smallest absolute Gasteiger partial charge is 0.190 e. The molecule has 7 heteroatoms. The van der Waals surface area contributed by atoms with Gasteiger partial charge in [-0.15, -0.1) is 0 Å². The highest BCUT2D eigenvalue weighted by atomic mass is 16.8. The van der Waals surface area contributed by atoms with E-state index in [0.717, 1.165) is 11.3 Å². The summed E-state index contributed by atoms with van der Waals surface area (Å²) in [6.45, 7) is 3.82. The Morgan fingerprint density at radius 1 is 1.19 bits per heavy atom. The molecule has 3 fully saturated rings. The van der Waals surface area contributed by atoms with Gasteiger partial charge in [0.25, 0.3) is 0 Å². The molecule has 1 saturated carbocycles. The largest absolute Gasteiger partial charge is 0.497 e. The molecule has 0 aromatic heterocycles. The first kappa shape index (κ1) is 17.9. The molecule has 7 nitrogen and oxygen atoms in total. The van der Waals surface area contributed by atoms with E-state index in [9.17, 15) is 9.90 Å². The number of rotatable bonds is 4. The normalized spacial score (nSPS) is 38.1. The van der Waals surface area contributed by atoms with Crippen LogP contribution in [0.5, 0.6) is 5.75 Å². The molecule has 0 radical (unpaired) electrons. The van der Waals surface area contributed by atoms with Gasteiger partial charge in [0, 0.05) is 12.8 Å². The van der Waals surface area contributed by atoms with E-state index in [-0.39, 0.29) is 18.6 Å². The number of hydrogen-bond acceptors (Lipinski definition) is 7. The van der Waals surface area contributed by atoms with Gasteiger partial charge in [-0.1, -0.05) is 12.1 Å².